The highest BCUT2D eigenvalue weighted by molar-refractivity contribution is 4.78. The van der Waals surface area contributed by atoms with Gasteiger partial charge in [0.1, 0.15) is 0 Å². The molecule has 0 unspecified atom stereocenters. The van der Waals surface area contributed by atoms with Gasteiger partial charge in [-0.1, -0.05) is 45.4 Å². The summed E-state index contributed by atoms with van der Waals surface area (Å²) in [7, 11) is 0. The molecule has 0 aliphatic carbocycles. The second-order valence-corrected chi connectivity index (χ2v) is 4.84. The van der Waals surface area contributed by atoms with Crippen LogP contribution in [-0.2, 0) is 0 Å². The summed E-state index contributed by atoms with van der Waals surface area (Å²) < 4.78 is 0. The zero-order chi connectivity index (χ0) is 12.2. The number of unbranched alkanes of at least 4 members (excludes halogenated alkanes) is 6. The molecule has 0 saturated carbocycles. The van der Waals surface area contributed by atoms with Crippen LogP contribution in [0.1, 0.15) is 65.7 Å². The third-order valence-electron chi connectivity index (χ3n) is 3.05. The van der Waals surface area contributed by atoms with Gasteiger partial charge in [0, 0.05) is 6.04 Å². The summed E-state index contributed by atoms with van der Waals surface area (Å²) in [6.45, 7) is 8.24. The van der Waals surface area contributed by atoms with Crippen molar-refractivity contribution in [3.8, 4) is 6.07 Å². The summed E-state index contributed by atoms with van der Waals surface area (Å²) >= 11 is 0. The quantitative estimate of drug-likeness (QED) is 0.415. The minimum atomic E-state index is 0.500. The second-order valence-electron chi connectivity index (χ2n) is 4.84. The zero-order valence-electron chi connectivity index (χ0n) is 11.3. The molecule has 0 aliphatic heterocycles. The van der Waals surface area contributed by atoms with Crippen molar-refractivity contribution in [3.05, 3.63) is 0 Å². The van der Waals surface area contributed by atoms with Crippen molar-refractivity contribution in [2.24, 2.45) is 0 Å². The van der Waals surface area contributed by atoms with Crippen LogP contribution < -0.4 is 0 Å². The van der Waals surface area contributed by atoms with Gasteiger partial charge in [-0.2, -0.15) is 5.26 Å². The summed E-state index contributed by atoms with van der Waals surface area (Å²) in [5.41, 5.74) is 0. The van der Waals surface area contributed by atoms with Crippen molar-refractivity contribution in [1.82, 2.24) is 4.90 Å². The fourth-order valence-electron chi connectivity index (χ4n) is 1.88. The molecule has 0 spiro atoms. The van der Waals surface area contributed by atoms with Gasteiger partial charge in [-0.3, -0.25) is 4.90 Å². The van der Waals surface area contributed by atoms with Crippen LogP contribution in [0.25, 0.3) is 0 Å². The molecular weight excluding hydrogens is 196 g/mol. The Bertz CT molecular complexity index is 182. The van der Waals surface area contributed by atoms with Gasteiger partial charge in [0.25, 0.3) is 0 Å². The fourth-order valence-corrected chi connectivity index (χ4v) is 1.88. The van der Waals surface area contributed by atoms with E-state index in [1.165, 1.54) is 44.9 Å². The Morgan fingerprint density at radius 2 is 1.56 bits per heavy atom. The molecule has 0 atom stereocenters. The Labute approximate surface area is 102 Å². The molecule has 0 amide bonds. The van der Waals surface area contributed by atoms with Crippen LogP contribution in [-0.4, -0.2) is 24.0 Å². The zero-order valence-corrected chi connectivity index (χ0v) is 11.3. The number of nitrogens with zero attached hydrogens (tertiary/aromatic N) is 2. The number of hydrogen-bond donors (Lipinski definition) is 0. The Kier molecular flexibility index (Phi) is 10.6. The predicted molar refractivity (Wildman–Crippen MR) is 70.3 cm³/mol. The third-order valence-corrected chi connectivity index (χ3v) is 3.05. The Balaban J connectivity index is 3.38. The van der Waals surface area contributed by atoms with E-state index in [1.807, 2.05) is 0 Å². The number of hydrogen-bond acceptors (Lipinski definition) is 2. The van der Waals surface area contributed by atoms with E-state index < -0.39 is 0 Å². The highest BCUT2D eigenvalue weighted by atomic mass is 15.1. The van der Waals surface area contributed by atoms with Crippen LogP contribution in [0.4, 0.5) is 0 Å². The summed E-state index contributed by atoms with van der Waals surface area (Å²) in [6, 6.07) is 2.74. The van der Waals surface area contributed by atoms with Crippen molar-refractivity contribution < 1.29 is 0 Å². The summed E-state index contributed by atoms with van der Waals surface area (Å²) in [5.74, 6) is 0. The summed E-state index contributed by atoms with van der Waals surface area (Å²) in [6.07, 6.45) is 9.40. The minimum Gasteiger partial charge on any atom is -0.288 e. The van der Waals surface area contributed by atoms with E-state index in [0.717, 1.165) is 6.54 Å². The van der Waals surface area contributed by atoms with E-state index in [9.17, 15) is 0 Å². The Morgan fingerprint density at radius 3 is 2.06 bits per heavy atom. The smallest absolute Gasteiger partial charge is 0.0868 e. The van der Waals surface area contributed by atoms with Crippen LogP contribution in [0, 0.1) is 11.3 Å². The van der Waals surface area contributed by atoms with Crippen molar-refractivity contribution in [1.29, 1.82) is 5.26 Å². The van der Waals surface area contributed by atoms with Crippen LogP contribution in [0.5, 0.6) is 0 Å². The maximum atomic E-state index is 8.69. The molecule has 16 heavy (non-hydrogen) atoms. The average Bonchev–Trinajstić information content (AvgIpc) is 2.26. The molecule has 0 saturated heterocycles. The second kappa shape index (κ2) is 11.0. The molecular formula is C14H28N2. The van der Waals surface area contributed by atoms with Crippen LogP contribution in [0.3, 0.4) is 0 Å². The van der Waals surface area contributed by atoms with E-state index in [1.54, 1.807) is 0 Å². The van der Waals surface area contributed by atoms with Gasteiger partial charge in [0.15, 0.2) is 0 Å². The number of rotatable bonds is 10. The maximum absolute atomic E-state index is 8.69. The lowest BCUT2D eigenvalue weighted by Crippen LogP contribution is -2.32. The molecule has 0 heterocycles. The molecule has 0 aromatic rings. The molecule has 0 aromatic carbocycles. The molecule has 94 valence electrons. The first-order chi connectivity index (χ1) is 7.72. The highest BCUT2D eigenvalue weighted by Gasteiger charge is 2.07. The first-order valence-electron chi connectivity index (χ1n) is 6.83. The third kappa shape index (κ3) is 8.73. The monoisotopic (exact) mass is 224 g/mol. The topological polar surface area (TPSA) is 27.0 Å². The van der Waals surface area contributed by atoms with Gasteiger partial charge >= 0.3 is 0 Å². The lowest BCUT2D eigenvalue weighted by molar-refractivity contribution is 0.243. The van der Waals surface area contributed by atoms with E-state index >= 15 is 0 Å². The summed E-state index contributed by atoms with van der Waals surface area (Å²) in [4.78, 5) is 2.26. The molecule has 0 radical (unpaired) electrons. The summed E-state index contributed by atoms with van der Waals surface area (Å²) in [5, 5.41) is 8.69. The largest absolute Gasteiger partial charge is 0.288 e. The minimum absolute atomic E-state index is 0.500. The van der Waals surface area contributed by atoms with Crippen molar-refractivity contribution >= 4 is 0 Å². The van der Waals surface area contributed by atoms with Gasteiger partial charge in [0.05, 0.1) is 12.6 Å². The van der Waals surface area contributed by atoms with E-state index in [4.69, 9.17) is 5.26 Å². The first-order valence-corrected chi connectivity index (χ1v) is 6.83. The molecule has 0 aliphatic rings. The van der Waals surface area contributed by atoms with Crippen LogP contribution >= 0.6 is 0 Å². The molecule has 0 fully saturated rings. The molecule has 0 rings (SSSR count). The predicted octanol–water partition coefficient (Wildman–Crippen LogP) is 3.97. The van der Waals surface area contributed by atoms with Gasteiger partial charge in [-0.15, -0.1) is 0 Å². The molecule has 2 heteroatoms. The fraction of sp³-hybridized carbons (Fsp3) is 0.929. The standard InChI is InChI=1S/C14H28N2/c1-4-5-6-7-8-9-10-12-16(13-11-15)14(2)3/h14H,4-10,12-13H2,1-3H3. The van der Waals surface area contributed by atoms with E-state index in [0.29, 0.717) is 12.6 Å². The lowest BCUT2D eigenvalue weighted by atomic mass is 10.1. The lowest BCUT2D eigenvalue weighted by Gasteiger charge is -2.23. The van der Waals surface area contributed by atoms with E-state index in [2.05, 4.69) is 31.7 Å². The molecule has 0 aromatic heterocycles. The van der Waals surface area contributed by atoms with Crippen molar-refractivity contribution in [3.63, 3.8) is 0 Å². The van der Waals surface area contributed by atoms with Crippen molar-refractivity contribution in [2.45, 2.75) is 71.8 Å². The SMILES string of the molecule is CCCCCCCCCN(CC#N)C(C)C. The van der Waals surface area contributed by atoms with Crippen molar-refractivity contribution in [2.75, 3.05) is 13.1 Å². The highest BCUT2D eigenvalue weighted by Crippen LogP contribution is 2.08. The van der Waals surface area contributed by atoms with Gasteiger partial charge in [-0.05, 0) is 26.8 Å². The first kappa shape index (κ1) is 15.4. The number of nitriles is 1. The van der Waals surface area contributed by atoms with E-state index in [-0.39, 0.29) is 0 Å². The normalized spacial score (nSPS) is 11.0. The maximum Gasteiger partial charge on any atom is 0.0868 e. The Hall–Kier alpha value is -0.550. The van der Waals surface area contributed by atoms with Gasteiger partial charge in [-0.25, -0.2) is 0 Å². The van der Waals surface area contributed by atoms with Gasteiger partial charge in [0.2, 0.25) is 0 Å². The van der Waals surface area contributed by atoms with Crippen LogP contribution in [0.2, 0.25) is 0 Å². The molecule has 0 bridgehead atoms. The van der Waals surface area contributed by atoms with Gasteiger partial charge < -0.3 is 0 Å². The van der Waals surface area contributed by atoms with Crippen LogP contribution in [0.15, 0.2) is 0 Å². The average molecular weight is 224 g/mol. The molecule has 2 nitrogen and oxygen atoms in total. The molecule has 0 N–H and O–H groups in total. The Morgan fingerprint density at radius 1 is 1.00 bits per heavy atom.